The van der Waals surface area contributed by atoms with Crippen molar-refractivity contribution in [2.45, 2.75) is 31.9 Å². The molecule has 0 spiro atoms. The van der Waals surface area contributed by atoms with Gasteiger partial charge in [0.25, 0.3) is 0 Å². The number of rotatable bonds is 9. The zero-order valence-electron chi connectivity index (χ0n) is 14.8. The number of carboxylic acid groups (broad SMARTS) is 1. The number of alkyl halides is 3. The van der Waals surface area contributed by atoms with Crippen molar-refractivity contribution < 1.29 is 32.5 Å². The second-order valence-corrected chi connectivity index (χ2v) is 6.11. The van der Waals surface area contributed by atoms with E-state index in [-0.39, 0.29) is 31.3 Å². The Morgan fingerprint density at radius 2 is 1.67 bits per heavy atom. The second kappa shape index (κ2) is 9.30. The van der Waals surface area contributed by atoms with Gasteiger partial charge in [0.15, 0.2) is 0 Å². The predicted molar refractivity (Wildman–Crippen MR) is 94.2 cm³/mol. The van der Waals surface area contributed by atoms with Gasteiger partial charge in [-0.1, -0.05) is 31.2 Å². The van der Waals surface area contributed by atoms with Crippen LogP contribution in [-0.2, 0) is 11.0 Å². The maximum Gasteiger partial charge on any atom is 0.419 e. The van der Waals surface area contributed by atoms with Crippen LogP contribution >= 0.6 is 0 Å². The summed E-state index contributed by atoms with van der Waals surface area (Å²) in [5.74, 6) is -0.535. The molecule has 0 heterocycles. The van der Waals surface area contributed by atoms with Crippen molar-refractivity contribution in [2.24, 2.45) is 0 Å². The Labute approximate surface area is 155 Å². The summed E-state index contributed by atoms with van der Waals surface area (Å²) in [6.07, 6.45) is -3.98. The van der Waals surface area contributed by atoms with Crippen LogP contribution in [0.3, 0.4) is 0 Å². The maximum absolute atomic E-state index is 12.9. The normalized spacial score (nSPS) is 12.4. The van der Waals surface area contributed by atoms with Gasteiger partial charge in [-0.3, -0.25) is 4.79 Å². The predicted octanol–water partition coefficient (Wildman–Crippen LogP) is 5.13. The van der Waals surface area contributed by atoms with Crippen LogP contribution in [0.25, 0.3) is 0 Å². The van der Waals surface area contributed by atoms with E-state index >= 15 is 0 Å². The fourth-order valence-electron chi connectivity index (χ4n) is 2.53. The van der Waals surface area contributed by atoms with Crippen molar-refractivity contribution in [3.05, 3.63) is 59.7 Å². The molecule has 0 saturated carbocycles. The largest absolute Gasteiger partial charge is 0.493 e. The molecule has 1 atom stereocenters. The molecule has 0 aliphatic rings. The van der Waals surface area contributed by atoms with Crippen LogP contribution in [0.1, 0.15) is 36.8 Å². The van der Waals surface area contributed by atoms with Gasteiger partial charge in [-0.15, -0.1) is 0 Å². The number of carbonyl (C=O) groups is 1. The molecule has 7 heteroatoms. The lowest BCUT2D eigenvalue weighted by Crippen LogP contribution is -2.10. The Morgan fingerprint density at radius 3 is 2.30 bits per heavy atom. The highest BCUT2D eigenvalue weighted by molar-refractivity contribution is 5.67. The van der Waals surface area contributed by atoms with Crippen LogP contribution in [0.4, 0.5) is 13.2 Å². The van der Waals surface area contributed by atoms with Gasteiger partial charge in [0, 0.05) is 6.42 Å². The number of benzene rings is 2. The Bertz CT molecular complexity index is 742. The standard InChI is InChI=1S/C20H21F3O4/c1-14(13-19(24)25)15-7-9-16(10-8-15)26-11-4-12-27-18-6-3-2-5-17(18)20(21,22)23/h2-3,5-10,14H,4,11-13H2,1H3,(H,24,25). The van der Waals surface area contributed by atoms with Crippen molar-refractivity contribution in [1.29, 1.82) is 0 Å². The SMILES string of the molecule is CC(CC(=O)O)c1ccc(OCCCOc2ccccc2C(F)(F)F)cc1. The van der Waals surface area contributed by atoms with Gasteiger partial charge >= 0.3 is 12.1 Å². The van der Waals surface area contributed by atoms with E-state index in [1.165, 1.54) is 18.2 Å². The first-order valence-corrected chi connectivity index (χ1v) is 8.51. The fourth-order valence-corrected chi connectivity index (χ4v) is 2.53. The summed E-state index contributed by atoms with van der Waals surface area (Å²) in [7, 11) is 0. The first-order chi connectivity index (χ1) is 12.8. The molecule has 0 aromatic heterocycles. The van der Waals surface area contributed by atoms with E-state index in [9.17, 15) is 18.0 Å². The summed E-state index contributed by atoms with van der Waals surface area (Å²) in [4.78, 5) is 10.7. The van der Waals surface area contributed by atoms with Gasteiger partial charge in [-0.2, -0.15) is 13.2 Å². The van der Waals surface area contributed by atoms with E-state index in [2.05, 4.69) is 0 Å². The molecule has 1 unspecified atom stereocenters. The summed E-state index contributed by atoms with van der Waals surface area (Å²) in [5.41, 5.74) is 0.105. The highest BCUT2D eigenvalue weighted by Gasteiger charge is 2.33. The number of para-hydroxylation sites is 1. The molecule has 0 aliphatic heterocycles. The molecule has 2 aromatic carbocycles. The lowest BCUT2D eigenvalue weighted by Gasteiger charge is -2.14. The molecule has 27 heavy (non-hydrogen) atoms. The van der Waals surface area contributed by atoms with Crippen molar-refractivity contribution >= 4 is 5.97 Å². The molecule has 2 rings (SSSR count). The summed E-state index contributed by atoms with van der Waals surface area (Å²) in [6, 6.07) is 12.2. The minimum Gasteiger partial charge on any atom is -0.493 e. The second-order valence-electron chi connectivity index (χ2n) is 6.11. The van der Waals surface area contributed by atoms with Crippen molar-refractivity contribution in [2.75, 3.05) is 13.2 Å². The highest BCUT2D eigenvalue weighted by Crippen LogP contribution is 2.35. The van der Waals surface area contributed by atoms with E-state index in [4.69, 9.17) is 14.6 Å². The molecular formula is C20H21F3O4. The summed E-state index contributed by atoms with van der Waals surface area (Å²) in [6.45, 7) is 2.22. The molecule has 4 nitrogen and oxygen atoms in total. The Hall–Kier alpha value is -2.70. The first kappa shape index (κ1) is 20.6. The van der Waals surface area contributed by atoms with Gasteiger partial charge in [0.2, 0.25) is 0 Å². The van der Waals surface area contributed by atoms with Gasteiger partial charge in [0.1, 0.15) is 11.5 Å². The Morgan fingerprint density at radius 1 is 1.04 bits per heavy atom. The van der Waals surface area contributed by atoms with E-state index in [1.807, 2.05) is 6.92 Å². The first-order valence-electron chi connectivity index (χ1n) is 8.51. The number of ether oxygens (including phenoxy) is 2. The van der Waals surface area contributed by atoms with Crippen LogP contribution in [0.15, 0.2) is 48.5 Å². The molecule has 146 valence electrons. The minimum atomic E-state index is -4.45. The van der Waals surface area contributed by atoms with E-state index in [0.717, 1.165) is 11.6 Å². The van der Waals surface area contributed by atoms with Gasteiger partial charge in [-0.05, 0) is 35.7 Å². The molecule has 2 aromatic rings. The fraction of sp³-hybridized carbons (Fsp3) is 0.350. The van der Waals surface area contributed by atoms with Crippen LogP contribution in [0, 0.1) is 0 Å². The number of hydrogen-bond acceptors (Lipinski definition) is 3. The molecule has 0 fully saturated rings. The van der Waals surface area contributed by atoms with Crippen molar-refractivity contribution in [3.8, 4) is 11.5 Å². The quantitative estimate of drug-likeness (QED) is 0.611. The molecule has 1 N–H and O–H groups in total. The maximum atomic E-state index is 12.9. The van der Waals surface area contributed by atoms with E-state index in [0.29, 0.717) is 12.2 Å². The number of carboxylic acids is 1. The lowest BCUT2D eigenvalue weighted by molar-refractivity contribution is -0.139. The Kier molecular flexibility index (Phi) is 7.10. The van der Waals surface area contributed by atoms with Crippen molar-refractivity contribution in [1.82, 2.24) is 0 Å². The Balaban J connectivity index is 1.77. The lowest BCUT2D eigenvalue weighted by atomic mass is 9.98. The average molecular weight is 382 g/mol. The highest BCUT2D eigenvalue weighted by atomic mass is 19.4. The third kappa shape index (κ3) is 6.51. The molecular weight excluding hydrogens is 361 g/mol. The van der Waals surface area contributed by atoms with Gasteiger partial charge in [-0.25, -0.2) is 0 Å². The van der Waals surface area contributed by atoms with E-state index < -0.39 is 17.7 Å². The summed E-state index contributed by atoms with van der Waals surface area (Å²) in [5, 5.41) is 8.81. The molecule has 0 radical (unpaired) electrons. The number of hydrogen-bond donors (Lipinski definition) is 1. The summed E-state index contributed by atoms with van der Waals surface area (Å²) >= 11 is 0. The molecule has 0 amide bonds. The van der Waals surface area contributed by atoms with E-state index in [1.54, 1.807) is 24.3 Å². The monoisotopic (exact) mass is 382 g/mol. The average Bonchev–Trinajstić information content (AvgIpc) is 2.61. The molecule has 0 aliphatic carbocycles. The third-order valence-electron chi connectivity index (χ3n) is 3.94. The van der Waals surface area contributed by atoms with Gasteiger partial charge in [0.05, 0.1) is 25.2 Å². The number of halogens is 3. The minimum absolute atomic E-state index is 0.0525. The summed E-state index contributed by atoms with van der Waals surface area (Å²) < 4.78 is 49.4. The zero-order chi connectivity index (χ0) is 19.9. The third-order valence-corrected chi connectivity index (χ3v) is 3.94. The van der Waals surface area contributed by atoms with Crippen LogP contribution in [0.2, 0.25) is 0 Å². The smallest absolute Gasteiger partial charge is 0.419 e. The molecule has 0 bridgehead atoms. The zero-order valence-corrected chi connectivity index (χ0v) is 14.8. The van der Waals surface area contributed by atoms with Crippen LogP contribution < -0.4 is 9.47 Å². The van der Waals surface area contributed by atoms with Crippen LogP contribution in [-0.4, -0.2) is 24.3 Å². The van der Waals surface area contributed by atoms with Crippen LogP contribution in [0.5, 0.6) is 11.5 Å². The van der Waals surface area contributed by atoms with Gasteiger partial charge < -0.3 is 14.6 Å². The number of aliphatic carboxylic acids is 1. The topological polar surface area (TPSA) is 55.8 Å². The molecule has 0 saturated heterocycles. The van der Waals surface area contributed by atoms with Crippen molar-refractivity contribution in [3.63, 3.8) is 0 Å².